The first kappa shape index (κ1) is 14.8. The minimum absolute atomic E-state index is 0.0643. The molecule has 4 nitrogen and oxygen atoms in total. The number of hydrogen-bond donors (Lipinski definition) is 1. The van der Waals surface area contributed by atoms with Gasteiger partial charge in [-0.1, -0.05) is 15.9 Å². The van der Waals surface area contributed by atoms with Gasteiger partial charge in [0.05, 0.1) is 12.1 Å². The van der Waals surface area contributed by atoms with Gasteiger partial charge in [0.25, 0.3) is 0 Å². The van der Waals surface area contributed by atoms with Crippen molar-refractivity contribution in [1.29, 1.82) is 0 Å². The van der Waals surface area contributed by atoms with E-state index in [2.05, 4.69) is 26.2 Å². The van der Waals surface area contributed by atoms with Gasteiger partial charge in [0, 0.05) is 22.6 Å². The van der Waals surface area contributed by atoms with Gasteiger partial charge in [0.1, 0.15) is 5.65 Å². The van der Waals surface area contributed by atoms with Gasteiger partial charge in [0.2, 0.25) is 5.91 Å². The molecule has 2 aromatic heterocycles. The second-order valence-corrected chi connectivity index (χ2v) is 6.30. The van der Waals surface area contributed by atoms with Crippen LogP contribution in [0.2, 0.25) is 0 Å². The van der Waals surface area contributed by atoms with E-state index in [-0.39, 0.29) is 12.3 Å². The van der Waals surface area contributed by atoms with Crippen LogP contribution in [0.3, 0.4) is 0 Å². The number of hydrogen-bond acceptors (Lipinski definition) is 2. The number of nitrogens with one attached hydrogen (secondary N) is 1. The first-order valence-electron chi connectivity index (χ1n) is 7.01. The topological polar surface area (TPSA) is 46.4 Å². The Morgan fingerprint density at radius 1 is 1.27 bits per heavy atom. The van der Waals surface area contributed by atoms with E-state index in [0.29, 0.717) is 0 Å². The summed E-state index contributed by atoms with van der Waals surface area (Å²) in [6, 6.07) is 9.80. The van der Waals surface area contributed by atoms with Crippen molar-refractivity contribution in [3.8, 4) is 0 Å². The van der Waals surface area contributed by atoms with E-state index in [1.807, 2.05) is 61.0 Å². The first-order valence-corrected chi connectivity index (χ1v) is 7.81. The molecular formula is C17H16BrN3O. The smallest absolute Gasteiger partial charge is 0.230 e. The van der Waals surface area contributed by atoms with Crippen molar-refractivity contribution in [3.63, 3.8) is 0 Å². The molecule has 1 aromatic carbocycles. The Labute approximate surface area is 137 Å². The molecule has 0 aliphatic rings. The summed E-state index contributed by atoms with van der Waals surface area (Å²) in [5.74, 6) is -0.0643. The third-order valence-electron chi connectivity index (χ3n) is 3.47. The molecule has 1 amide bonds. The van der Waals surface area contributed by atoms with Gasteiger partial charge in [0.15, 0.2) is 0 Å². The van der Waals surface area contributed by atoms with Gasteiger partial charge in [-0.05, 0) is 55.3 Å². The van der Waals surface area contributed by atoms with Crippen molar-refractivity contribution >= 4 is 33.2 Å². The molecule has 3 aromatic rings. The summed E-state index contributed by atoms with van der Waals surface area (Å²) in [4.78, 5) is 16.7. The number of aromatic nitrogens is 2. The molecule has 0 aliphatic carbocycles. The number of nitrogens with zero attached hydrogens (tertiary/aromatic N) is 2. The van der Waals surface area contributed by atoms with Gasteiger partial charge in [-0.15, -0.1) is 0 Å². The monoisotopic (exact) mass is 357 g/mol. The van der Waals surface area contributed by atoms with Gasteiger partial charge in [-0.25, -0.2) is 4.98 Å². The molecule has 0 unspecified atom stereocenters. The normalized spacial score (nSPS) is 10.9. The summed E-state index contributed by atoms with van der Waals surface area (Å²) in [7, 11) is 0. The molecule has 2 heterocycles. The Hall–Kier alpha value is -2.14. The zero-order valence-corrected chi connectivity index (χ0v) is 14.0. The Balaban J connectivity index is 1.75. The van der Waals surface area contributed by atoms with Gasteiger partial charge in [-0.3, -0.25) is 4.79 Å². The number of carbonyl (C=O) groups excluding carboxylic acids is 1. The lowest BCUT2D eigenvalue weighted by Gasteiger charge is -2.07. The summed E-state index contributed by atoms with van der Waals surface area (Å²) in [5, 5.41) is 2.93. The second kappa shape index (κ2) is 5.93. The molecule has 5 heteroatoms. The van der Waals surface area contributed by atoms with Crippen molar-refractivity contribution < 1.29 is 4.79 Å². The molecule has 0 saturated heterocycles. The number of benzene rings is 1. The molecule has 0 bridgehead atoms. The van der Waals surface area contributed by atoms with Gasteiger partial charge < -0.3 is 9.72 Å². The number of aryl methyl sites for hydroxylation is 2. The van der Waals surface area contributed by atoms with Crippen molar-refractivity contribution in [2.45, 2.75) is 20.3 Å². The standard InChI is InChI=1S/C17H16BrN3O/c1-11-5-6-21-10-14(19-16(21)7-11)9-17(22)20-15-4-3-13(18)8-12(15)2/h3-8,10H,9H2,1-2H3,(H,20,22). The Morgan fingerprint density at radius 2 is 2.09 bits per heavy atom. The van der Waals surface area contributed by atoms with Crippen LogP contribution in [0.4, 0.5) is 5.69 Å². The van der Waals surface area contributed by atoms with Crippen LogP contribution in [0.15, 0.2) is 47.2 Å². The second-order valence-electron chi connectivity index (χ2n) is 5.39. The number of anilines is 1. The minimum Gasteiger partial charge on any atom is -0.326 e. The molecule has 3 rings (SSSR count). The fourth-order valence-corrected chi connectivity index (χ4v) is 2.82. The van der Waals surface area contributed by atoms with Crippen LogP contribution in [-0.2, 0) is 11.2 Å². The summed E-state index contributed by atoms with van der Waals surface area (Å²) < 4.78 is 2.93. The number of halogens is 1. The van der Waals surface area contributed by atoms with Crippen LogP contribution >= 0.6 is 15.9 Å². The van der Waals surface area contributed by atoms with Crippen LogP contribution < -0.4 is 5.32 Å². The molecule has 0 spiro atoms. The van der Waals surface area contributed by atoms with E-state index in [4.69, 9.17) is 0 Å². The highest BCUT2D eigenvalue weighted by atomic mass is 79.9. The van der Waals surface area contributed by atoms with Crippen LogP contribution in [0.1, 0.15) is 16.8 Å². The molecule has 1 N–H and O–H groups in total. The van der Waals surface area contributed by atoms with Gasteiger partial charge >= 0.3 is 0 Å². The zero-order valence-electron chi connectivity index (χ0n) is 12.4. The van der Waals surface area contributed by atoms with E-state index in [1.54, 1.807) is 0 Å². The highest BCUT2D eigenvalue weighted by Gasteiger charge is 2.09. The Kier molecular flexibility index (Phi) is 3.98. The molecule has 0 fully saturated rings. The van der Waals surface area contributed by atoms with E-state index < -0.39 is 0 Å². The number of rotatable bonds is 3. The molecule has 0 atom stereocenters. The fourth-order valence-electron chi connectivity index (χ4n) is 2.35. The van der Waals surface area contributed by atoms with E-state index in [1.165, 1.54) is 0 Å². The predicted molar refractivity (Wildman–Crippen MR) is 91.1 cm³/mol. The molecule has 112 valence electrons. The number of fused-ring (bicyclic) bond motifs is 1. The van der Waals surface area contributed by atoms with Crippen LogP contribution in [-0.4, -0.2) is 15.3 Å². The summed E-state index contributed by atoms with van der Waals surface area (Å²) >= 11 is 3.42. The highest BCUT2D eigenvalue weighted by Crippen LogP contribution is 2.20. The average molecular weight is 358 g/mol. The molecule has 22 heavy (non-hydrogen) atoms. The predicted octanol–water partition coefficient (Wildman–Crippen LogP) is 3.89. The minimum atomic E-state index is -0.0643. The quantitative estimate of drug-likeness (QED) is 0.772. The summed E-state index contributed by atoms with van der Waals surface area (Å²) in [6.45, 7) is 3.99. The van der Waals surface area contributed by atoms with E-state index in [9.17, 15) is 4.79 Å². The highest BCUT2D eigenvalue weighted by molar-refractivity contribution is 9.10. The maximum absolute atomic E-state index is 12.2. The largest absolute Gasteiger partial charge is 0.326 e. The lowest BCUT2D eigenvalue weighted by molar-refractivity contribution is -0.115. The summed E-state index contributed by atoms with van der Waals surface area (Å²) in [5.41, 5.74) is 4.63. The Bertz CT molecular complexity index is 854. The van der Waals surface area contributed by atoms with E-state index in [0.717, 1.165) is 32.6 Å². The van der Waals surface area contributed by atoms with E-state index >= 15 is 0 Å². The number of pyridine rings is 1. The van der Waals surface area contributed by atoms with Crippen molar-refractivity contribution in [2.24, 2.45) is 0 Å². The van der Waals surface area contributed by atoms with Crippen molar-refractivity contribution in [1.82, 2.24) is 9.38 Å². The maximum Gasteiger partial charge on any atom is 0.230 e. The van der Waals surface area contributed by atoms with Gasteiger partial charge in [-0.2, -0.15) is 0 Å². The van der Waals surface area contributed by atoms with Crippen LogP contribution in [0.5, 0.6) is 0 Å². The number of carbonyl (C=O) groups is 1. The fraction of sp³-hybridized carbons (Fsp3) is 0.176. The average Bonchev–Trinajstić information content (AvgIpc) is 2.83. The lowest BCUT2D eigenvalue weighted by atomic mass is 10.2. The summed E-state index contributed by atoms with van der Waals surface area (Å²) in [6.07, 6.45) is 4.11. The first-order chi connectivity index (χ1) is 10.5. The van der Waals surface area contributed by atoms with Crippen LogP contribution in [0, 0.1) is 13.8 Å². The molecule has 0 aliphatic heterocycles. The molecule has 0 saturated carbocycles. The maximum atomic E-state index is 12.2. The molecular weight excluding hydrogens is 342 g/mol. The lowest BCUT2D eigenvalue weighted by Crippen LogP contribution is -2.15. The van der Waals surface area contributed by atoms with Crippen LogP contribution in [0.25, 0.3) is 5.65 Å². The Morgan fingerprint density at radius 3 is 2.86 bits per heavy atom. The number of imidazole rings is 1. The number of amides is 1. The van der Waals surface area contributed by atoms with Crippen molar-refractivity contribution in [2.75, 3.05) is 5.32 Å². The zero-order chi connectivity index (χ0) is 15.7. The van der Waals surface area contributed by atoms with Crippen molar-refractivity contribution in [3.05, 3.63) is 64.0 Å². The third kappa shape index (κ3) is 3.20. The molecule has 0 radical (unpaired) electrons. The third-order valence-corrected chi connectivity index (χ3v) is 3.96. The SMILES string of the molecule is Cc1ccn2cc(CC(=O)Nc3ccc(Br)cc3C)nc2c1.